The third kappa shape index (κ3) is 9.00. The third-order valence-corrected chi connectivity index (χ3v) is 23.5. The summed E-state index contributed by atoms with van der Waals surface area (Å²) in [5, 5.41) is 0. The number of ether oxygens (including phenoxy) is 6. The molecule has 0 aromatic heterocycles. The van der Waals surface area contributed by atoms with Crippen LogP contribution in [0.25, 0.3) is 0 Å². The fourth-order valence-corrected chi connectivity index (χ4v) is 20.1. The van der Waals surface area contributed by atoms with E-state index in [1.165, 1.54) is 0 Å². The van der Waals surface area contributed by atoms with Gasteiger partial charge in [-0.05, 0) is 51.0 Å². The summed E-state index contributed by atoms with van der Waals surface area (Å²) in [6.07, 6.45) is 0.341. The highest BCUT2D eigenvalue weighted by atomic mass is 28.4. The molecule has 3 aliphatic heterocycles. The first-order valence-electron chi connectivity index (χ1n) is 19.1. The van der Waals surface area contributed by atoms with Gasteiger partial charge in [0.05, 0.1) is 25.9 Å². The van der Waals surface area contributed by atoms with Gasteiger partial charge in [0.2, 0.25) is 22.4 Å². The molecule has 9 nitrogen and oxygen atoms in total. The first kappa shape index (κ1) is 42.1. The second-order valence-corrected chi connectivity index (χ2v) is 27.2. The molecular weight excluding hydrogens is 681 g/mol. The molecule has 51 heavy (non-hydrogen) atoms. The summed E-state index contributed by atoms with van der Waals surface area (Å²) in [5.41, 5.74) is 3.57. The standard InChI is InChI=1S/C40H66O9Si2/c1-25(2)50(26(3)4,27(5)6)46-23-37-39(45-24-42-13)34(49-51(28(7)8,29(9)10)30(11)12)20-33(47-37)38(41)32-19-35(40-44-22-36(32)48-40)43-21-31-17-15-14-16-18-31/h14-20,25-30,34-37,39-40H,21-24H2,1-13H3/t34-,35-,36-,37-,39-,40-/m1/s1. The van der Waals surface area contributed by atoms with Crippen LogP contribution in [0.5, 0.6) is 0 Å². The fraction of sp³-hybridized carbons (Fsp3) is 0.725. The zero-order valence-electron chi connectivity index (χ0n) is 33.5. The Kier molecular flexibility index (Phi) is 14.9. The van der Waals surface area contributed by atoms with E-state index >= 15 is 0 Å². The van der Waals surface area contributed by atoms with Crippen LogP contribution in [0.15, 0.2) is 53.8 Å². The summed E-state index contributed by atoms with van der Waals surface area (Å²) in [5.74, 6) is -0.0370. The number of carbonyl (C=O) groups excluding carboxylic acids is 1. The largest absolute Gasteiger partial charge is 0.481 e. The molecule has 0 unspecified atom stereocenters. The Hall–Kier alpha value is -1.68. The van der Waals surface area contributed by atoms with E-state index in [-0.39, 0.29) is 31.5 Å². The van der Waals surface area contributed by atoms with E-state index in [0.29, 0.717) is 45.4 Å². The highest BCUT2D eigenvalue weighted by molar-refractivity contribution is 6.78. The molecule has 0 spiro atoms. The van der Waals surface area contributed by atoms with Gasteiger partial charge in [-0.1, -0.05) is 113 Å². The SMILES string of the molecule is COCO[C@@H]1[C@H](O[Si](C(C)C)(C(C)C)C(C)C)C=C(C(=O)C2=C[C@@H](OCc3ccccc3)[C@@H]3OC[C@H]2O3)O[C@@H]1CO[Si](C(C)C)(C(C)C)C(C)C. The van der Waals surface area contributed by atoms with Crippen molar-refractivity contribution in [2.45, 2.75) is 160 Å². The molecular formula is C40H66O9Si2. The van der Waals surface area contributed by atoms with Crippen molar-refractivity contribution in [2.24, 2.45) is 0 Å². The van der Waals surface area contributed by atoms with Gasteiger partial charge in [0.25, 0.3) is 0 Å². The fourth-order valence-electron chi connectivity index (χ4n) is 9.18. The average Bonchev–Trinajstić information content (AvgIpc) is 3.49. The van der Waals surface area contributed by atoms with Crippen molar-refractivity contribution in [3.63, 3.8) is 0 Å². The van der Waals surface area contributed by atoms with Crippen LogP contribution in [0.1, 0.15) is 88.6 Å². The average molecular weight is 747 g/mol. The number of allylic oxidation sites excluding steroid dienone is 1. The molecule has 0 aliphatic carbocycles. The Bertz CT molecular complexity index is 1280. The summed E-state index contributed by atoms with van der Waals surface area (Å²) < 4.78 is 51.6. The second-order valence-electron chi connectivity index (χ2n) is 16.3. The van der Waals surface area contributed by atoms with E-state index in [1.807, 2.05) is 42.5 Å². The molecule has 1 aromatic carbocycles. The summed E-state index contributed by atoms with van der Waals surface area (Å²) in [4.78, 5) is 14.7. The van der Waals surface area contributed by atoms with Crippen LogP contribution in [0.2, 0.25) is 33.2 Å². The van der Waals surface area contributed by atoms with Gasteiger partial charge < -0.3 is 37.3 Å². The Morgan fingerprint density at radius 3 is 1.92 bits per heavy atom. The highest BCUT2D eigenvalue weighted by Crippen LogP contribution is 2.46. The molecule has 0 N–H and O–H groups in total. The minimum atomic E-state index is -2.45. The maximum atomic E-state index is 14.7. The molecule has 2 bridgehead atoms. The van der Waals surface area contributed by atoms with Gasteiger partial charge in [0.1, 0.15) is 31.2 Å². The van der Waals surface area contributed by atoms with Gasteiger partial charge in [-0.15, -0.1) is 0 Å². The number of hydrogen-bond donors (Lipinski definition) is 0. The topological polar surface area (TPSA) is 90.9 Å². The van der Waals surface area contributed by atoms with Crippen molar-refractivity contribution in [2.75, 3.05) is 27.1 Å². The maximum absolute atomic E-state index is 14.7. The van der Waals surface area contributed by atoms with Crippen LogP contribution < -0.4 is 0 Å². The number of fused-ring (bicyclic) bond motifs is 2. The summed E-state index contributed by atoms with van der Waals surface area (Å²) in [7, 11) is -3.14. The molecule has 4 rings (SSSR count). The van der Waals surface area contributed by atoms with E-state index in [1.54, 1.807) is 7.11 Å². The van der Waals surface area contributed by atoms with Crippen LogP contribution in [-0.4, -0.2) is 86.3 Å². The van der Waals surface area contributed by atoms with Crippen molar-refractivity contribution in [3.05, 3.63) is 59.4 Å². The van der Waals surface area contributed by atoms with Gasteiger partial charge in [0.15, 0.2) is 12.0 Å². The van der Waals surface area contributed by atoms with Gasteiger partial charge in [-0.3, -0.25) is 4.79 Å². The van der Waals surface area contributed by atoms with Crippen LogP contribution in [0, 0.1) is 0 Å². The van der Waals surface area contributed by atoms with E-state index in [2.05, 4.69) is 83.1 Å². The number of rotatable bonds is 19. The second kappa shape index (κ2) is 18.1. The van der Waals surface area contributed by atoms with Crippen LogP contribution >= 0.6 is 0 Å². The number of Topliss-reactive ketones (excluding diaryl/α,β-unsaturated/α-hetero) is 1. The lowest BCUT2D eigenvalue weighted by Gasteiger charge is -2.48. The van der Waals surface area contributed by atoms with Gasteiger partial charge >= 0.3 is 0 Å². The number of methoxy groups -OCH3 is 1. The molecule has 6 atom stereocenters. The summed E-state index contributed by atoms with van der Waals surface area (Å²) in [6, 6.07) is 9.94. The first-order valence-corrected chi connectivity index (χ1v) is 23.4. The number of ketones is 1. The summed E-state index contributed by atoms with van der Waals surface area (Å²) >= 11 is 0. The van der Waals surface area contributed by atoms with Crippen molar-refractivity contribution in [3.8, 4) is 0 Å². The lowest BCUT2D eigenvalue weighted by Crippen LogP contribution is -2.57. The Balaban J connectivity index is 1.76. The maximum Gasteiger partial charge on any atom is 0.225 e. The predicted octanol–water partition coefficient (Wildman–Crippen LogP) is 8.85. The quantitative estimate of drug-likeness (QED) is 0.102. The third-order valence-electron chi connectivity index (χ3n) is 11.4. The van der Waals surface area contributed by atoms with Crippen LogP contribution in [-0.2, 0) is 48.7 Å². The van der Waals surface area contributed by atoms with Gasteiger partial charge in [-0.25, -0.2) is 0 Å². The van der Waals surface area contributed by atoms with Gasteiger partial charge in [0, 0.05) is 12.7 Å². The van der Waals surface area contributed by atoms with Crippen molar-refractivity contribution < 1.29 is 42.1 Å². The molecule has 0 saturated carbocycles. The molecule has 11 heteroatoms. The zero-order chi connectivity index (χ0) is 37.7. The molecule has 1 fully saturated rings. The van der Waals surface area contributed by atoms with Gasteiger partial charge in [-0.2, -0.15) is 0 Å². The van der Waals surface area contributed by atoms with Crippen molar-refractivity contribution >= 4 is 22.4 Å². The highest BCUT2D eigenvalue weighted by Gasteiger charge is 2.52. The van der Waals surface area contributed by atoms with E-state index in [0.717, 1.165) is 5.56 Å². The predicted molar refractivity (Wildman–Crippen MR) is 205 cm³/mol. The molecule has 0 amide bonds. The number of carbonyl (C=O) groups is 1. The first-order chi connectivity index (χ1) is 24.1. The molecule has 0 radical (unpaired) electrons. The lowest BCUT2D eigenvalue weighted by molar-refractivity contribution is -0.164. The zero-order valence-corrected chi connectivity index (χ0v) is 35.5. The Morgan fingerprint density at radius 1 is 0.784 bits per heavy atom. The van der Waals surface area contributed by atoms with Crippen molar-refractivity contribution in [1.82, 2.24) is 0 Å². The molecule has 1 aromatic rings. The minimum Gasteiger partial charge on any atom is -0.481 e. The minimum absolute atomic E-state index is 0.0580. The lowest BCUT2D eigenvalue weighted by atomic mass is 9.96. The number of hydrogen-bond acceptors (Lipinski definition) is 9. The molecule has 3 aliphatic rings. The normalized spacial score (nSPS) is 25.7. The number of benzene rings is 1. The smallest absolute Gasteiger partial charge is 0.225 e. The Labute approximate surface area is 310 Å². The van der Waals surface area contributed by atoms with E-state index in [4.69, 9.17) is 37.3 Å². The summed E-state index contributed by atoms with van der Waals surface area (Å²) in [6.45, 7) is 28.1. The van der Waals surface area contributed by atoms with Crippen LogP contribution in [0.4, 0.5) is 0 Å². The molecule has 1 saturated heterocycles. The molecule has 288 valence electrons. The Morgan fingerprint density at radius 2 is 1.37 bits per heavy atom. The van der Waals surface area contributed by atoms with Crippen molar-refractivity contribution in [1.29, 1.82) is 0 Å². The van der Waals surface area contributed by atoms with E-state index < -0.39 is 53.4 Å². The molecule has 3 heterocycles. The van der Waals surface area contributed by atoms with Crippen LogP contribution in [0.3, 0.4) is 0 Å². The van der Waals surface area contributed by atoms with E-state index in [9.17, 15) is 4.79 Å². The monoisotopic (exact) mass is 746 g/mol.